The highest BCUT2D eigenvalue weighted by molar-refractivity contribution is 7.15. The highest BCUT2D eigenvalue weighted by Gasteiger charge is 2.49. The largest absolute Gasteiger partial charge is 0.384 e. The van der Waals surface area contributed by atoms with E-state index in [1.165, 1.54) is 37.0 Å². The van der Waals surface area contributed by atoms with E-state index in [-0.39, 0.29) is 0 Å². The Morgan fingerprint density at radius 1 is 1.20 bits per heavy atom. The molecule has 15 heavy (non-hydrogen) atoms. The summed E-state index contributed by atoms with van der Waals surface area (Å²) < 4.78 is 0. The minimum absolute atomic E-state index is 0.560. The van der Waals surface area contributed by atoms with Crippen LogP contribution < -0.4 is 5.73 Å². The Morgan fingerprint density at radius 2 is 1.80 bits per heavy atom. The Hall–Kier alpha value is -0.610. The number of nitrogen functional groups attached to an aromatic ring is 1. The van der Waals surface area contributed by atoms with Gasteiger partial charge in [-0.05, 0) is 43.9 Å². The van der Waals surface area contributed by atoms with Crippen molar-refractivity contribution in [2.45, 2.75) is 44.1 Å². The summed E-state index contributed by atoms with van der Waals surface area (Å²) in [4.78, 5) is 4.98. The zero-order valence-corrected chi connectivity index (χ0v) is 9.52. The Bertz CT molecular complexity index is 374. The van der Waals surface area contributed by atoms with Gasteiger partial charge in [0.15, 0.2) is 5.13 Å². The van der Waals surface area contributed by atoms with Gasteiger partial charge in [0.2, 0.25) is 0 Å². The van der Waals surface area contributed by atoms with Gasteiger partial charge < -0.3 is 10.8 Å². The van der Waals surface area contributed by atoms with Crippen LogP contribution in [0.2, 0.25) is 0 Å². The maximum absolute atomic E-state index is 10.5. The summed E-state index contributed by atoms with van der Waals surface area (Å²) in [5, 5.41) is 11.1. The predicted molar refractivity (Wildman–Crippen MR) is 60.6 cm³/mol. The van der Waals surface area contributed by atoms with Crippen LogP contribution in [0.4, 0.5) is 5.13 Å². The maximum Gasteiger partial charge on any atom is 0.180 e. The lowest BCUT2D eigenvalue weighted by Gasteiger charge is -2.35. The zero-order valence-electron chi connectivity index (χ0n) is 8.70. The summed E-state index contributed by atoms with van der Waals surface area (Å²) in [5.41, 5.74) is 5.58. The number of hydrogen-bond donors (Lipinski definition) is 2. The van der Waals surface area contributed by atoms with E-state index in [1.807, 2.05) is 0 Å². The number of thiazole rings is 1. The molecule has 0 aromatic carbocycles. The van der Waals surface area contributed by atoms with Crippen LogP contribution in [0.15, 0.2) is 6.20 Å². The second kappa shape index (κ2) is 2.95. The molecule has 2 aliphatic rings. The molecule has 0 amide bonds. The number of anilines is 1. The molecule has 0 unspecified atom stereocenters. The lowest BCUT2D eigenvalue weighted by Crippen LogP contribution is -2.31. The van der Waals surface area contributed by atoms with E-state index in [1.54, 1.807) is 6.20 Å². The van der Waals surface area contributed by atoms with Crippen LogP contribution in [0.3, 0.4) is 0 Å². The molecular formula is C11H16N2OS. The summed E-state index contributed by atoms with van der Waals surface area (Å²) in [6.07, 6.45) is 8.58. The molecule has 0 atom stereocenters. The fraction of sp³-hybridized carbons (Fsp3) is 0.727. The van der Waals surface area contributed by atoms with Gasteiger partial charge in [0.25, 0.3) is 0 Å². The first-order chi connectivity index (χ1) is 7.12. The molecule has 3 rings (SSSR count). The van der Waals surface area contributed by atoms with Crippen LogP contribution in [0.1, 0.15) is 43.4 Å². The lowest BCUT2D eigenvalue weighted by molar-refractivity contribution is -0.0155. The van der Waals surface area contributed by atoms with E-state index in [9.17, 15) is 5.11 Å². The molecule has 2 fully saturated rings. The highest BCUT2D eigenvalue weighted by Crippen LogP contribution is 2.59. The van der Waals surface area contributed by atoms with Crippen LogP contribution in [-0.4, -0.2) is 10.1 Å². The van der Waals surface area contributed by atoms with Crippen LogP contribution in [0.25, 0.3) is 0 Å². The molecule has 3 N–H and O–H groups in total. The van der Waals surface area contributed by atoms with Crippen LogP contribution in [0, 0.1) is 5.41 Å². The molecule has 82 valence electrons. The molecule has 2 aliphatic carbocycles. The Morgan fingerprint density at radius 3 is 2.27 bits per heavy atom. The van der Waals surface area contributed by atoms with E-state index < -0.39 is 5.60 Å². The molecule has 2 saturated carbocycles. The Labute approximate surface area is 93.3 Å². The van der Waals surface area contributed by atoms with E-state index in [0.29, 0.717) is 10.5 Å². The first-order valence-corrected chi connectivity index (χ1v) is 6.38. The van der Waals surface area contributed by atoms with E-state index in [0.717, 1.165) is 17.7 Å². The van der Waals surface area contributed by atoms with Crippen molar-refractivity contribution < 1.29 is 5.11 Å². The minimum Gasteiger partial charge on any atom is -0.384 e. The molecule has 0 aliphatic heterocycles. The molecule has 1 spiro atoms. The monoisotopic (exact) mass is 224 g/mol. The van der Waals surface area contributed by atoms with E-state index in [4.69, 9.17) is 5.73 Å². The number of nitrogens with zero attached hydrogens (tertiary/aromatic N) is 1. The van der Waals surface area contributed by atoms with Crippen molar-refractivity contribution in [2.75, 3.05) is 5.73 Å². The van der Waals surface area contributed by atoms with Gasteiger partial charge in [-0.1, -0.05) is 11.3 Å². The quantitative estimate of drug-likeness (QED) is 0.769. The number of aromatic nitrogens is 1. The fourth-order valence-corrected chi connectivity index (χ4v) is 3.45. The molecule has 0 bridgehead atoms. The molecule has 1 aromatic rings. The minimum atomic E-state index is -0.636. The van der Waals surface area contributed by atoms with Crippen molar-refractivity contribution >= 4 is 16.5 Å². The van der Waals surface area contributed by atoms with E-state index >= 15 is 0 Å². The van der Waals surface area contributed by atoms with Gasteiger partial charge in [0.1, 0.15) is 5.60 Å². The fourth-order valence-electron chi connectivity index (χ4n) is 2.62. The molecular weight excluding hydrogens is 208 g/mol. The third-order valence-corrected chi connectivity index (χ3v) is 5.10. The normalized spacial score (nSPS) is 26.7. The Kier molecular flexibility index (Phi) is 1.89. The summed E-state index contributed by atoms with van der Waals surface area (Å²) in [7, 11) is 0. The number of nitrogens with two attached hydrogens (primary N) is 1. The van der Waals surface area contributed by atoms with Gasteiger partial charge in [-0.15, -0.1) is 0 Å². The topological polar surface area (TPSA) is 59.1 Å². The van der Waals surface area contributed by atoms with Crippen molar-refractivity contribution in [2.24, 2.45) is 5.41 Å². The van der Waals surface area contributed by atoms with Crippen LogP contribution in [0.5, 0.6) is 0 Å². The maximum atomic E-state index is 10.5. The molecule has 0 saturated heterocycles. The van der Waals surface area contributed by atoms with Gasteiger partial charge in [-0.25, -0.2) is 4.98 Å². The van der Waals surface area contributed by atoms with E-state index in [2.05, 4.69) is 4.98 Å². The van der Waals surface area contributed by atoms with Gasteiger partial charge in [0.05, 0.1) is 4.88 Å². The third kappa shape index (κ3) is 1.56. The van der Waals surface area contributed by atoms with Crippen LogP contribution >= 0.6 is 11.3 Å². The summed E-state index contributed by atoms with van der Waals surface area (Å²) in [6.45, 7) is 0. The smallest absolute Gasteiger partial charge is 0.180 e. The van der Waals surface area contributed by atoms with Gasteiger partial charge >= 0.3 is 0 Å². The Balaban J connectivity index is 1.80. The molecule has 1 heterocycles. The summed E-state index contributed by atoms with van der Waals surface area (Å²) in [5.74, 6) is 0. The average molecular weight is 224 g/mol. The van der Waals surface area contributed by atoms with Crippen molar-refractivity contribution in [1.29, 1.82) is 0 Å². The molecule has 0 radical (unpaired) electrons. The van der Waals surface area contributed by atoms with Crippen molar-refractivity contribution in [3.05, 3.63) is 11.1 Å². The average Bonchev–Trinajstić information content (AvgIpc) is 2.85. The molecule has 1 aromatic heterocycles. The zero-order chi connectivity index (χ0) is 10.5. The SMILES string of the molecule is Nc1ncc(C2(O)CCC3(CC3)CC2)s1. The second-order valence-corrected chi connectivity index (χ2v) is 6.16. The number of rotatable bonds is 1. The highest BCUT2D eigenvalue weighted by atomic mass is 32.1. The van der Waals surface area contributed by atoms with Gasteiger partial charge in [0, 0.05) is 6.20 Å². The number of aliphatic hydroxyl groups is 1. The van der Waals surface area contributed by atoms with Gasteiger partial charge in [-0.2, -0.15) is 0 Å². The molecule has 3 nitrogen and oxygen atoms in total. The first-order valence-electron chi connectivity index (χ1n) is 5.56. The van der Waals surface area contributed by atoms with Gasteiger partial charge in [-0.3, -0.25) is 0 Å². The standard InChI is InChI=1S/C11H16N2OS/c12-9-13-7-8(15-9)11(14)5-3-10(1-2-10)4-6-11/h7,14H,1-6H2,(H2,12,13). The van der Waals surface area contributed by atoms with Crippen molar-refractivity contribution in [3.63, 3.8) is 0 Å². The third-order valence-electron chi connectivity index (χ3n) is 4.08. The number of hydrogen-bond acceptors (Lipinski definition) is 4. The molecule has 4 heteroatoms. The first kappa shape index (κ1) is 9.60. The predicted octanol–water partition coefficient (Wildman–Crippen LogP) is 2.27. The van der Waals surface area contributed by atoms with Crippen LogP contribution in [-0.2, 0) is 5.60 Å². The van der Waals surface area contributed by atoms with Crippen molar-refractivity contribution in [3.8, 4) is 0 Å². The van der Waals surface area contributed by atoms with Crippen molar-refractivity contribution in [1.82, 2.24) is 4.98 Å². The second-order valence-electron chi connectivity index (χ2n) is 5.09. The lowest BCUT2D eigenvalue weighted by atomic mass is 9.76. The summed E-state index contributed by atoms with van der Waals surface area (Å²) >= 11 is 1.43. The summed E-state index contributed by atoms with van der Waals surface area (Å²) in [6, 6.07) is 0.